The monoisotopic (exact) mass is 341 g/mol. The topological polar surface area (TPSA) is 18.5 Å². The highest BCUT2D eigenvalue weighted by Gasteiger charge is 2.41. The zero-order chi connectivity index (χ0) is 17.1. The van der Waals surface area contributed by atoms with Gasteiger partial charge < -0.3 is 9.31 Å². The Morgan fingerprint density at radius 3 is 1.43 bits per heavy atom. The van der Waals surface area contributed by atoms with Gasteiger partial charge in [-0.15, -0.1) is 0 Å². The van der Waals surface area contributed by atoms with E-state index in [0.717, 1.165) is 7.69 Å². The van der Waals surface area contributed by atoms with Gasteiger partial charge in [-0.3, -0.25) is 0 Å². The van der Waals surface area contributed by atoms with Crippen LogP contribution in [0.3, 0.4) is 0 Å². The standard InChI is InChI=1S/C14H16BF6O2/c16-13(17,18)9-1-5-11(6-2-9)22-15-23-12-7-3-10(4-8-12)14(19,20)21/h5,7,9-10H,1-4,6,8H2. The average Bonchev–Trinajstić information content (AvgIpc) is 2.46. The molecule has 0 aliphatic heterocycles. The third-order valence-corrected chi connectivity index (χ3v) is 4.06. The molecule has 2 atom stereocenters. The van der Waals surface area contributed by atoms with Gasteiger partial charge in [-0.25, -0.2) is 0 Å². The molecule has 2 nitrogen and oxygen atoms in total. The lowest BCUT2D eigenvalue weighted by Crippen LogP contribution is -2.25. The van der Waals surface area contributed by atoms with E-state index in [9.17, 15) is 26.3 Å². The van der Waals surface area contributed by atoms with Crippen molar-refractivity contribution in [3.63, 3.8) is 0 Å². The lowest BCUT2D eigenvalue weighted by molar-refractivity contribution is -0.177. The van der Waals surface area contributed by atoms with Crippen molar-refractivity contribution in [2.75, 3.05) is 0 Å². The predicted octanol–water partition coefficient (Wildman–Crippen LogP) is 5.05. The highest BCUT2D eigenvalue weighted by Crippen LogP contribution is 2.38. The summed E-state index contributed by atoms with van der Waals surface area (Å²) in [5.41, 5.74) is 0. The van der Waals surface area contributed by atoms with Gasteiger partial charge in [0.2, 0.25) is 0 Å². The molecule has 0 aromatic rings. The number of rotatable bonds is 4. The van der Waals surface area contributed by atoms with Crippen molar-refractivity contribution in [2.24, 2.45) is 11.8 Å². The van der Waals surface area contributed by atoms with Crippen LogP contribution in [0, 0.1) is 11.8 Å². The fraction of sp³-hybridized carbons (Fsp3) is 0.714. The molecule has 0 aromatic heterocycles. The Hall–Kier alpha value is -1.28. The van der Waals surface area contributed by atoms with E-state index in [4.69, 9.17) is 9.31 Å². The Kier molecular flexibility index (Phi) is 5.57. The van der Waals surface area contributed by atoms with Crippen LogP contribution in [0.15, 0.2) is 23.7 Å². The summed E-state index contributed by atoms with van der Waals surface area (Å²) in [5.74, 6) is -1.93. The maximum absolute atomic E-state index is 12.5. The molecule has 0 spiro atoms. The second kappa shape index (κ2) is 7.09. The largest absolute Gasteiger partial charge is 0.657 e. The van der Waals surface area contributed by atoms with Crippen molar-refractivity contribution in [1.82, 2.24) is 0 Å². The summed E-state index contributed by atoms with van der Waals surface area (Å²) in [6.45, 7) is 0. The van der Waals surface area contributed by atoms with Gasteiger partial charge in [0.05, 0.1) is 23.4 Å². The van der Waals surface area contributed by atoms with Gasteiger partial charge in [-0.05, 0) is 37.8 Å². The molecule has 2 rings (SSSR count). The van der Waals surface area contributed by atoms with Gasteiger partial charge in [0.1, 0.15) is 0 Å². The first-order valence-corrected chi connectivity index (χ1v) is 7.32. The van der Waals surface area contributed by atoms with Crippen molar-refractivity contribution >= 4 is 7.69 Å². The van der Waals surface area contributed by atoms with Gasteiger partial charge in [0, 0.05) is 12.8 Å². The molecule has 2 aliphatic rings. The Morgan fingerprint density at radius 2 is 1.17 bits per heavy atom. The van der Waals surface area contributed by atoms with E-state index in [1.165, 1.54) is 12.2 Å². The van der Waals surface area contributed by atoms with Gasteiger partial charge in [-0.2, -0.15) is 26.3 Å². The number of halogens is 6. The molecule has 129 valence electrons. The van der Waals surface area contributed by atoms with Crippen LogP contribution >= 0.6 is 0 Å². The normalized spacial score (nSPS) is 26.2. The van der Waals surface area contributed by atoms with Gasteiger partial charge in [0.15, 0.2) is 0 Å². The molecule has 1 radical (unpaired) electrons. The van der Waals surface area contributed by atoms with Crippen LogP contribution in [0.5, 0.6) is 0 Å². The summed E-state index contributed by atoms with van der Waals surface area (Å²) >= 11 is 0. The van der Waals surface area contributed by atoms with E-state index in [0.29, 0.717) is 11.5 Å². The summed E-state index contributed by atoms with van der Waals surface area (Å²) in [4.78, 5) is 0. The third kappa shape index (κ3) is 5.39. The molecule has 0 aromatic carbocycles. The molecule has 0 bridgehead atoms. The number of hydrogen-bond acceptors (Lipinski definition) is 2. The van der Waals surface area contributed by atoms with Crippen molar-refractivity contribution < 1.29 is 35.7 Å². The highest BCUT2D eigenvalue weighted by molar-refractivity contribution is 6.19. The SMILES string of the molecule is FC(F)(F)C1CC=C(O[B]OC2=CCC(C(F)(F)F)CC2)CC1. The van der Waals surface area contributed by atoms with Crippen molar-refractivity contribution in [1.29, 1.82) is 0 Å². The Balaban J connectivity index is 1.71. The van der Waals surface area contributed by atoms with Gasteiger partial charge in [0.25, 0.3) is 0 Å². The zero-order valence-corrected chi connectivity index (χ0v) is 12.2. The first-order valence-electron chi connectivity index (χ1n) is 7.32. The van der Waals surface area contributed by atoms with E-state index < -0.39 is 24.2 Å². The molecular formula is C14H16BF6O2. The number of allylic oxidation sites excluding steroid dienone is 4. The smallest absolute Gasteiger partial charge is 0.530 e. The highest BCUT2D eigenvalue weighted by atomic mass is 19.4. The van der Waals surface area contributed by atoms with Gasteiger partial charge in [-0.1, -0.05) is 0 Å². The third-order valence-electron chi connectivity index (χ3n) is 4.06. The second-order valence-electron chi connectivity index (χ2n) is 5.70. The number of alkyl halides is 6. The van der Waals surface area contributed by atoms with E-state index >= 15 is 0 Å². The molecule has 2 unspecified atom stereocenters. The Bertz CT molecular complexity index is 427. The Labute approximate surface area is 130 Å². The average molecular weight is 341 g/mol. The minimum atomic E-state index is -4.20. The van der Waals surface area contributed by atoms with Crippen LogP contribution < -0.4 is 0 Å². The molecule has 0 saturated carbocycles. The summed E-state index contributed by atoms with van der Waals surface area (Å²) in [5, 5.41) is 0. The van der Waals surface area contributed by atoms with Gasteiger partial charge >= 0.3 is 20.0 Å². The van der Waals surface area contributed by atoms with Crippen LogP contribution in [-0.2, 0) is 9.31 Å². The van der Waals surface area contributed by atoms with E-state index in [2.05, 4.69) is 0 Å². The minimum absolute atomic E-state index is 0.0425. The van der Waals surface area contributed by atoms with E-state index in [1.807, 2.05) is 0 Å². The maximum Gasteiger partial charge on any atom is 0.657 e. The fourth-order valence-corrected chi connectivity index (χ4v) is 2.58. The molecule has 0 fully saturated rings. The quantitative estimate of drug-likeness (QED) is 0.526. The van der Waals surface area contributed by atoms with Crippen molar-refractivity contribution in [3.8, 4) is 0 Å². The molecule has 0 amide bonds. The second-order valence-corrected chi connectivity index (χ2v) is 5.70. The van der Waals surface area contributed by atoms with Crippen molar-refractivity contribution in [2.45, 2.75) is 50.9 Å². The summed E-state index contributed by atoms with van der Waals surface area (Å²) in [6.07, 6.45) is -5.72. The lowest BCUT2D eigenvalue weighted by atomic mass is 9.92. The minimum Gasteiger partial charge on any atom is -0.530 e. The molecule has 2 aliphatic carbocycles. The molecule has 0 heterocycles. The first kappa shape index (κ1) is 18.1. The number of hydrogen-bond donors (Lipinski definition) is 0. The van der Waals surface area contributed by atoms with Crippen LogP contribution in [0.2, 0.25) is 0 Å². The Morgan fingerprint density at radius 1 is 0.783 bits per heavy atom. The first-order chi connectivity index (χ1) is 10.7. The molecule has 0 N–H and O–H groups in total. The summed E-state index contributed by atoms with van der Waals surface area (Å²) in [7, 11) is 0.972. The zero-order valence-electron chi connectivity index (χ0n) is 12.2. The molecular weight excluding hydrogens is 325 g/mol. The summed E-state index contributed by atoms with van der Waals surface area (Å²) in [6, 6.07) is 0. The summed E-state index contributed by atoms with van der Waals surface area (Å²) < 4.78 is 85.2. The van der Waals surface area contributed by atoms with Crippen LogP contribution in [0.4, 0.5) is 26.3 Å². The molecule has 9 heteroatoms. The van der Waals surface area contributed by atoms with Crippen LogP contribution in [0.25, 0.3) is 0 Å². The van der Waals surface area contributed by atoms with E-state index in [-0.39, 0.29) is 38.5 Å². The van der Waals surface area contributed by atoms with Crippen LogP contribution in [0.1, 0.15) is 38.5 Å². The fourth-order valence-electron chi connectivity index (χ4n) is 2.58. The maximum atomic E-state index is 12.5. The van der Waals surface area contributed by atoms with Crippen molar-refractivity contribution in [3.05, 3.63) is 23.7 Å². The van der Waals surface area contributed by atoms with Crippen LogP contribution in [-0.4, -0.2) is 20.0 Å². The lowest BCUT2D eigenvalue weighted by Gasteiger charge is -2.25. The predicted molar refractivity (Wildman–Crippen MR) is 70.9 cm³/mol. The molecule has 23 heavy (non-hydrogen) atoms. The molecule has 0 saturated heterocycles. The van der Waals surface area contributed by atoms with E-state index in [1.54, 1.807) is 0 Å².